The number of hydrogen-bond acceptors (Lipinski definition) is 3. The van der Waals surface area contributed by atoms with Crippen LogP contribution in [0.15, 0.2) is 29.1 Å². The van der Waals surface area contributed by atoms with Crippen LogP contribution in [0.2, 0.25) is 0 Å². The highest BCUT2D eigenvalue weighted by atomic mass is 16.3. The standard InChI is InChI=1S/C11H10N2O3/c1-6(14)12-7-2-3-9-8(4-7)10(15)5-11(16)13-9/h2-5H,1H3,(H,12,14)(H2,13,15,16). The molecule has 2 aromatic rings. The molecule has 2 rings (SSSR count). The molecule has 1 heterocycles. The second-order valence-electron chi connectivity index (χ2n) is 3.46. The zero-order chi connectivity index (χ0) is 11.7. The molecule has 1 amide bonds. The Morgan fingerprint density at radius 2 is 2.12 bits per heavy atom. The molecular weight excluding hydrogens is 208 g/mol. The van der Waals surface area contributed by atoms with Crippen molar-refractivity contribution in [2.75, 3.05) is 5.32 Å². The molecule has 0 atom stereocenters. The van der Waals surface area contributed by atoms with Crippen molar-refractivity contribution in [2.24, 2.45) is 0 Å². The van der Waals surface area contributed by atoms with Gasteiger partial charge in [0, 0.05) is 24.1 Å². The average molecular weight is 218 g/mol. The SMILES string of the molecule is CC(=O)Nc1ccc2[nH]c(=O)cc(O)c2c1. The largest absolute Gasteiger partial charge is 0.507 e. The van der Waals surface area contributed by atoms with Gasteiger partial charge >= 0.3 is 0 Å². The van der Waals surface area contributed by atoms with Crippen molar-refractivity contribution >= 4 is 22.5 Å². The number of carbonyl (C=O) groups excluding carboxylic acids is 1. The number of carbonyl (C=O) groups is 1. The number of aromatic hydroxyl groups is 1. The van der Waals surface area contributed by atoms with Crippen LogP contribution in [0.1, 0.15) is 6.92 Å². The molecule has 0 aliphatic rings. The summed E-state index contributed by atoms with van der Waals surface area (Å²) in [5, 5.41) is 12.7. The number of rotatable bonds is 1. The molecule has 0 radical (unpaired) electrons. The lowest BCUT2D eigenvalue weighted by Gasteiger charge is -2.05. The molecule has 0 unspecified atom stereocenters. The van der Waals surface area contributed by atoms with Crippen LogP contribution in [0.5, 0.6) is 5.75 Å². The first kappa shape index (κ1) is 10.2. The quantitative estimate of drug-likeness (QED) is 0.672. The maximum absolute atomic E-state index is 11.1. The van der Waals surface area contributed by atoms with Crippen molar-refractivity contribution in [1.29, 1.82) is 0 Å². The molecule has 0 aliphatic carbocycles. The second-order valence-corrected chi connectivity index (χ2v) is 3.46. The van der Waals surface area contributed by atoms with Crippen molar-refractivity contribution in [2.45, 2.75) is 6.92 Å². The van der Waals surface area contributed by atoms with Crippen LogP contribution in [0, 0.1) is 0 Å². The van der Waals surface area contributed by atoms with Gasteiger partial charge in [0.1, 0.15) is 5.75 Å². The van der Waals surface area contributed by atoms with Gasteiger partial charge in [0.15, 0.2) is 0 Å². The maximum atomic E-state index is 11.1. The van der Waals surface area contributed by atoms with Crippen molar-refractivity contribution in [3.8, 4) is 5.75 Å². The molecule has 16 heavy (non-hydrogen) atoms. The molecular formula is C11H10N2O3. The van der Waals surface area contributed by atoms with Gasteiger partial charge in [0.05, 0.1) is 5.52 Å². The summed E-state index contributed by atoms with van der Waals surface area (Å²) in [6.07, 6.45) is 0. The Balaban J connectivity index is 2.61. The summed E-state index contributed by atoms with van der Waals surface area (Å²) in [7, 11) is 0. The predicted molar refractivity (Wildman–Crippen MR) is 60.5 cm³/mol. The minimum absolute atomic E-state index is 0.106. The van der Waals surface area contributed by atoms with E-state index in [9.17, 15) is 14.7 Å². The Bertz CT molecular complexity index is 616. The fourth-order valence-electron chi connectivity index (χ4n) is 1.52. The first-order chi connectivity index (χ1) is 7.56. The summed E-state index contributed by atoms with van der Waals surface area (Å²) in [5.74, 6) is -0.297. The van der Waals surface area contributed by atoms with Gasteiger partial charge in [0.25, 0.3) is 5.56 Å². The Hall–Kier alpha value is -2.30. The van der Waals surface area contributed by atoms with E-state index in [4.69, 9.17) is 0 Å². The van der Waals surface area contributed by atoms with Crippen LogP contribution >= 0.6 is 0 Å². The van der Waals surface area contributed by atoms with Crippen molar-refractivity contribution < 1.29 is 9.90 Å². The average Bonchev–Trinajstić information content (AvgIpc) is 2.18. The molecule has 82 valence electrons. The van der Waals surface area contributed by atoms with E-state index >= 15 is 0 Å². The molecule has 5 nitrogen and oxygen atoms in total. The number of pyridine rings is 1. The topological polar surface area (TPSA) is 82.2 Å². The molecule has 0 spiro atoms. The summed E-state index contributed by atoms with van der Waals surface area (Å²) in [4.78, 5) is 24.5. The van der Waals surface area contributed by atoms with Gasteiger partial charge in [0.2, 0.25) is 5.91 Å². The highest BCUT2D eigenvalue weighted by molar-refractivity contribution is 5.93. The Morgan fingerprint density at radius 3 is 2.81 bits per heavy atom. The van der Waals surface area contributed by atoms with Gasteiger partial charge in [-0.2, -0.15) is 0 Å². The van der Waals surface area contributed by atoms with Gasteiger partial charge in [-0.25, -0.2) is 0 Å². The Kier molecular flexibility index (Phi) is 2.36. The molecule has 0 aliphatic heterocycles. The van der Waals surface area contributed by atoms with Gasteiger partial charge in [-0.1, -0.05) is 0 Å². The summed E-state index contributed by atoms with van der Waals surface area (Å²) in [5.41, 5.74) is 0.735. The van der Waals surface area contributed by atoms with Crippen molar-refractivity contribution in [3.05, 3.63) is 34.6 Å². The normalized spacial score (nSPS) is 10.3. The van der Waals surface area contributed by atoms with Crippen molar-refractivity contribution in [3.63, 3.8) is 0 Å². The van der Waals surface area contributed by atoms with E-state index in [0.29, 0.717) is 16.6 Å². The Labute approximate surface area is 90.7 Å². The maximum Gasteiger partial charge on any atom is 0.252 e. The summed E-state index contributed by atoms with van der Waals surface area (Å²) >= 11 is 0. The molecule has 0 saturated carbocycles. The molecule has 3 N–H and O–H groups in total. The second kappa shape index (κ2) is 3.69. The zero-order valence-electron chi connectivity index (χ0n) is 8.57. The number of anilines is 1. The lowest BCUT2D eigenvalue weighted by molar-refractivity contribution is -0.114. The third kappa shape index (κ3) is 1.88. The lowest BCUT2D eigenvalue weighted by atomic mass is 10.2. The first-order valence-corrected chi connectivity index (χ1v) is 4.70. The molecule has 1 aromatic heterocycles. The van der Waals surface area contributed by atoms with Crippen LogP contribution in [0.3, 0.4) is 0 Å². The van der Waals surface area contributed by atoms with Crippen LogP contribution in [-0.4, -0.2) is 16.0 Å². The van der Waals surface area contributed by atoms with Crippen LogP contribution in [0.4, 0.5) is 5.69 Å². The van der Waals surface area contributed by atoms with Crippen molar-refractivity contribution in [1.82, 2.24) is 4.98 Å². The van der Waals surface area contributed by atoms with Gasteiger partial charge in [-0.15, -0.1) is 0 Å². The first-order valence-electron chi connectivity index (χ1n) is 4.70. The molecule has 0 saturated heterocycles. The Morgan fingerprint density at radius 1 is 1.38 bits per heavy atom. The number of H-pyrrole nitrogens is 1. The lowest BCUT2D eigenvalue weighted by Crippen LogP contribution is -2.06. The monoisotopic (exact) mass is 218 g/mol. The van der Waals surface area contributed by atoms with Gasteiger partial charge < -0.3 is 15.4 Å². The van der Waals surface area contributed by atoms with Crippen LogP contribution in [0.25, 0.3) is 10.9 Å². The summed E-state index contributed by atoms with van der Waals surface area (Å²) in [6, 6.07) is 5.97. The minimum Gasteiger partial charge on any atom is -0.507 e. The molecule has 0 bridgehead atoms. The van der Waals surface area contributed by atoms with E-state index in [1.165, 1.54) is 6.92 Å². The molecule has 0 fully saturated rings. The highest BCUT2D eigenvalue weighted by Gasteiger charge is 2.03. The predicted octanol–water partition coefficient (Wildman–Crippen LogP) is 1.19. The number of fused-ring (bicyclic) bond motifs is 1. The third-order valence-electron chi connectivity index (χ3n) is 2.14. The number of aromatic amines is 1. The zero-order valence-corrected chi connectivity index (χ0v) is 8.57. The van der Waals surface area contributed by atoms with Gasteiger partial charge in [-0.05, 0) is 18.2 Å². The highest BCUT2D eigenvalue weighted by Crippen LogP contribution is 2.23. The van der Waals surface area contributed by atoms with E-state index in [1.807, 2.05) is 0 Å². The number of hydrogen-bond donors (Lipinski definition) is 3. The number of nitrogens with one attached hydrogen (secondary N) is 2. The van der Waals surface area contributed by atoms with Gasteiger partial charge in [-0.3, -0.25) is 9.59 Å². The number of benzene rings is 1. The fraction of sp³-hybridized carbons (Fsp3) is 0.0909. The smallest absolute Gasteiger partial charge is 0.252 e. The molecule has 1 aromatic carbocycles. The molecule has 5 heteroatoms. The van der Waals surface area contributed by atoms with E-state index < -0.39 is 0 Å². The summed E-state index contributed by atoms with van der Waals surface area (Å²) in [6.45, 7) is 1.40. The van der Waals surface area contributed by atoms with Crippen LogP contribution in [-0.2, 0) is 4.79 Å². The van der Waals surface area contributed by atoms with E-state index in [0.717, 1.165) is 6.07 Å². The minimum atomic E-state index is -0.364. The fourth-order valence-corrected chi connectivity index (χ4v) is 1.52. The number of aromatic nitrogens is 1. The van der Waals surface area contributed by atoms with E-state index in [1.54, 1.807) is 18.2 Å². The van der Waals surface area contributed by atoms with Crippen LogP contribution < -0.4 is 10.9 Å². The summed E-state index contributed by atoms with van der Waals surface area (Å²) < 4.78 is 0. The third-order valence-corrected chi connectivity index (χ3v) is 2.14. The number of amides is 1. The van der Waals surface area contributed by atoms with E-state index in [2.05, 4.69) is 10.3 Å². The van der Waals surface area contributed by atoms with E-state index in [-0.39, 0.29) is 17.2 Å².